The number of aromatic nitrogens is 1. The van der Waals surface area contributed by atoms with Crippen LogP contribution in [0.1, 0.15) is 12.6 Å². The topological polar surface area (TPSA) is 52.3 Å². The zero-order valence-corrected chi connectivity index (χ0v) is 10.00. The van der Waals surface area contributed by atoms with E-state index in [0.29, 0.717) is 11.5 Å². The van der Waals surface area contributed by atoms with E-state index < -0.39 is 0 Å². The molecule has 92 valence electrons. The van der Waals surface area contributed by atoms with Gasteiger partial charge in [0.1, 0.15) is 12.3 Å². The van der Waals surface area contributed by atoms with Gasteiger partial charge in [0.2, 0.25) is 0 Å². The second-order valence-electron chi connectivity index (χ2n) is 3.66. The predicted molar refractivity (Wildman–Crippen MR) is 66.5 cm³/mol. The van der Waals surface area contributed by atoms with Crippen molar-refractivity contribution in [2.45, 2.75) is 13.5 Å². The lowest BCUT2D eigenvalue weighted by Gasteiger charge is -1.96. The summed E-state index contributed by atoms with van der Waals surface area (Å²) >= 11 is 0. The average molecular weight is 243 g/mol. The van der Waals surface area contributed by atoms with Gasteiger partial charge in [0, 0.05) is 17.7 Å². The first-order valence-electron chi connectivity index (χ1n) is 5.60. The van der Waals surface area contributed by atoms with Crippen LogP contribution in [0.15, 0.2) is 53.1 Å². The Morgan fingerprint density at radius 3 is 2.89 bits per heavy atom. The third-order valence-corrected chi connectivity index (χ3v) is 2.28. The maximum atomic E-state index is 11.1. The van der Waals surface area contributed by atoms with E-state index in [9.17, 15) is 4.79 Å². The number of benzene rings is 1. The molecule has 0 N–H and O–H groups in total. The minimum absolute atomic E-state index is 0.111. The van der Waals surface area contributed by atoms with Gasteiger partial charge in [0.25, 0.3) is 0 Å². The van der Waals surface area contributed by atoms with Gasteiger partial charge in [0.15, 0.2) is 5.76 Å². The van der Waals surface area contributed by atoms with Gasteiger partial charge in [-0.3, -0.25) is 0 Å². The molecule has 0 aliphatic heterocycles. The largest absolute Gasteiger partial charge is 0.456 e. The van der Waals surface area contributed by atoms with Crippen LogP contribution in [-0.4, -0.2) is 11.1 Å². The molecule has 0 fully saturated rings. The molecule has 2 aromatic rings. The van der Waals surface area contributed by atoms with Gasteiger partial charge in [0.05, 0.1) is 0 Å². The standard InChI is InChI=1S/C14H13NO3/c1-2-6-14(16)17-10-12-9-13(18-15-12)11-7-4-3-5-8-11/h2-9H,10H2,1H3/b6-2-. The molecule has 18 heavy (non-hydrogen) atoms. The Morgan fingerprint density at radius 1 is 1.39 bits per heavy atom. The van der Waals surface area contributed by atoms with Crippen molar-refractivity contribution in [2.24, 2.45) is 0 Å². The van der Waals surface area contributed by atoms with Crippen molar-refractivity contribution in [2.75, 3.05) is 0 Å². The second kappa shape index (κ2) is 5.82. The summed E-state index contributed by atoms with van der Waals surface area (Å²) in [6.07, 6.45) is 2.98. The van der Waals surface area contributed by atoms with Gasteiger partial charge in [-0.05, 0) is 6.92 Å². The van der Waals surface area contributed by atoms with E-state index in [-0.39, 0.29) is 12.6 Å². The number of rotatable bonds is 4. The lowest BCUT2D eigenvalue weighted by Crippen LogP contribution is -2.00. The Hall–Kier alpha value is -2.36. The molecule has 0 aliphatic rings. The van der Waals surface area contributed by atoms with Crippen molar-refractivity contribution < 1.29 is 14.1 Å². The summed E-state index contributed by atoms with van der Waals surface area (Å²) in [5, 5.41) is 3.85. The lowest BCUT2D eigenvalue weighted by molar-refractivity contribution is -0.139. The summed E-state index contributed by atoms with van der Waals surface area (Å²) in [5.41, 5.74) is 1.53. The van der Waals surface area contributed by atoms with Gasteiger partial charge >= 0.3 is 5.97 Å². The Kier molecular flexibility index (Phi) is 3.91. The molecule has 0 atom stereocenters. The number of esters is 1. The molecule has 0 unspecified atom stereocenters. The molecule has 0 amide bonds. The molecular formula is C14H13NO3. The van der Waals surface area contributed by atoms with Crippen LogP contribution in [0.25, 0.3) is 11.3 Å². The van der Waals surface area contributed by atoms with Crippen LogP contribution in [0.4, 0.5) is 0 Å². The molecule has 0 aliphatic carbocycles. The fourth-order valence-electron chi connectivity index (χ4n) is 1.45. The van der Waals surface area contributed by atoms with Crippen LogP contribution in [0.5, 0.6) is 0 Å². The fourth-order valence-corrected chi connectivity index (χ4v) is 1.45. The van der Waals surface area contributed by atoms with Crippen molar-refractivity contribution in [3.8, 4) is 11.3 Å². The number of ether oxygens (including phenoxy) is 1. The van der Waals surface area contributed by atoms with E-state index in [0.717, 1.165) is 5.56 Å². The molecule has 0 saturated heterocycles. The van der Waals surface area contributed by atoms with Crippen LogP contribution < -0.4 is 0 Å². The van der Waals surface area contributed by atoms with Crippen molar-refractivity contribution in [1.82, 2.24) is 5.16 Å². The fraction of sp³-hybridized carbons (Fsp3) is 0.143. The van der Waals surface area contributed by atoms with Crippen LogP contribution in [0.2, 0.25) is 0 Å². The van der Waals surface area contributed by atoms with Gasteiger partial charge in [-0.1, -0.05) is 41.6 Å². The lowest BCUT2D eigenvalue weighted by atomic mass is 10.2. The Morgan fingerprint density at radius 2 is 2.17 bits per heavy atom. The summed E-state index contributed by atoms with van der Waals surface area (Å²) in [6.45, 7) is 1.87. The molecule has 4 heteroatoms. The van der Waals surface area contributed by atoms with Crippen molar-refractivity contribution in [3.05, 3.63) is 54.2 Å². The van der Waals surface area contributed by atoms with Gasteiger partial charge < -0.3 is 9.26 Å². The third kappa shape index (κ3) is 3.07. The Labute approximate surface area is 105 Å². The minimum Gasteiger partial charge on any atom is -0.456 e. The maximum absolute atomic E-state index is 11.1. The first-order valence-corrected chi connectivity index (χ1v) is 5.60. The molecule has 1 aromatic heterocycles. The van der Waals surface area contributed by atoms with Gasteiger partial charge in [-0.25, -0.2) is 4.79 Å². The Balaban J connectivity index is 2.01. The second-order valence-corrected chi connectivity index (χ2v) is 3.66. The molecule has 0 bridgehead atoms. The van der Waals surface area contributed by atoms with Crippen LogP contribution >= 0.6 is 0 Å². The third-order valence-electron chi connectivity index (χ3n) is 2.28. The van der Waals surface area contributed by atoms with E-state index in [1.54, 1.807) is 19.1 Å². The van der Waals surface area contributed by atoms with E-state index in [1.807, 2.05) is 30.3 Å². The quantitative estimate of drug-likeness (QED) is 0.612. The van der Waals surface area contributed by atoms with Crippen LogP contribution in [0.3, 0.4) is 0 Å². The average Bonchev–Trinajstić information content (AvgIpc) is 2.87. The Bertz CT molecular complexity index is 543. The van der Waals surface area contributed by atoms with E-state index in [4.69, 9.17) is 9.26 Å². The van der Waals surface area contributed by atoms with Gasteiger partial charge in [-0.2, -0.15) is 0 Å². The number of carbonyl (C=O) groups excluding carboxylic acids is 1. The SMILES string of the molecule is C/C=C\C(=O)OCc1cc(-c2ccccc2)on1. The highest BCUT2D eigenvalue weighted by molar-refractivity contribution is 5.81. The minimum atomic E-state index is -0.387. The highest BCUT2D eigenvalue weighted by atomic mass is 16.5. The van der Waals surface area contributed by atoms with Crippen molar-refractivity contribution in [3.63, 3.8) is 0 Å². The number of hydrogen-bond donors (Lipinski definition) is 0. The highest BCUT2D eigenvalue weighted by Gasteiger charge is 2.07. The van der Waals surface area contributed by atoms with Gasteiger partial charge in [-0.15, -0.1) is 0 Å². The molecule has 4 nitrogen and oxygen atoms in total. The molecule has 0 saturated carbocycles. The molecule has 2 rings (SSSR count). The zero-order chi connectivity index (χ0) is 12.8. The molecular weight excluding hydrogens is 230 g/mol. The molecule has 1 aromatic carbocycles. The monoisotopic (exact) mass is 243 g/mol. The summed E-state index contributed by atoms with van der Waals surface area (Å²) in [7, 11) is 0. The summed E-state index contributed by atoms with van der Waals surface area (Å²) in [5.74, 6) is 0.273. The van der Waals surface area contributed by atoms with Crippen molar-refractivity contribution in [1.29, 1.82) is 0 Å². The van der Waals surface area contributed by atoms with E-state index >= 15 is 0 Å². The van der Waals surface area contributed by atoms with Crippen LogP contribution in [-0.2, 0) is 16.1 Å². The normalized spacial score (nSPS) is 10.7. The van der Waals surface area contributed by atoms with E-state index in [1.165, 1.54) is 6.08 Å². The molecule has 0 radical (unpaired) electrons. The maximum Gasteiger partial charge on any atom is 0.330 e. The number of carbonyl (C=O) groups is 1. The summed E-state index contributed by atoms with van der Waals surface area (Å²) in [6, 6.07) is 11.4. The summed E-state index contributed by atoms with van der Waals surface area (Å²) < 4.78 is 10.2. The predicted octanol–water partition coefficient (Wildman–Crippen LogP) is 2.96. The first kappa shape index (κ1) is 12.1. The number of nitrogens with zero attached hydrogens (tertiary/aromatic N) is 1. The first-order chi connectivity index (χ1) is 8.79. The van der Waals surface area contributed by atoms with E-state index in [2.05, 4.69) is 5.16 Å². The number of hydrogen-bond acceptors (Lipinski definition) is 4. The molecule has 0 spiro atoms. The zero-order valence-electron chi connectivity index (χ0n) is 10.00. The number of allylic oxidation sites excluding steroid dienone is 1. The molecule has 1 heterocycles. The smallest absolute Gasteiger partial charge is 0.330 e. The van der Waals surface area contributed by atoms with Crippen LogP contribution in [0, 0.1) is 0 Å². The van der Waals surface area contributed by atoms with Crippen molar-refractivity contribution >= 4 is 5.97 Å². The summed E-state index contributed by atoms with van der Waals surface area (Å²) in [4.78, 5) is 11.1. The highest BCUT2D eigenvalue weighted by Crippen LogP contribution is 2.19.